The van der Waals surface area contributed by atoms with Gasteiger partial charge in [0, 0.05) is 0 Å². The fourth-order valence-corrected chi connectivity index (χ4v) is 2.30. The highest BCUT2D eigenvalue weighted by molar-refractivity contribution is 8.13. The normalized spacial score (nSPS) is 11.0. The van der Waals surface area contributed by atoms with Gasteiger partial charge in [0.25, 0.3) is 0 Å². The van der Waals surface area contributed by atoms with Crippen molar-refractivity contribution in [3.63, 3.8) is 0 Å². The lowest BCUT2D eigenvalue weighted by atomic mass is 10.3. The molecule has 0 aliphatic rings. The number of para-hydroxylation sites is 1. The van der Waals surface area contributed by atoms with E-state index in [1.54, 1.807) is 18.2 Å². The third-order valence-electron chi connectivity index (χ3n) is 1.40. The predicted octanol–water partition coefficient (Wildman–Crippen LogP) is 1.51. The average Bonchev–Trinajstić information content (AvgIpc) is 2.02. The maximum Gasteiger partial charge on any atom is 0.365 e. The molecule has 14 heavy (non-hydrogen) atoms. The molecule has 0 fully saturated rings. The van der Waals surface area contributed by atoms with Crippen LogP contribution in [0.4, 0.5) is 5.69 Å². The fraction of sp³-hybridized carbons (Fsp3) is 0. The number of anilines is 1. The smallest absolute Gasteiger partial charge is 0.269 e. The van der Waals surface area contributed by atoms with Crippen molar-refractivity contribution < 1.29 is 13.0 Å². The van der Waals surface area contributed by atoms with E-state index in [-0.39, 0.29) is 10.0 Å². The van der Waals surface area contributed by atoms with E-state index in [4.69, 9.17) is 4.55 Å². The Balaban J connectivity index is 3.22. The van der Waals surface area contributed by atoms with Crippen LogP contribution in [0.3, 0.4) is 0 Å². The van der Waals surface area contributed by atoms with E-state index in [0.717, 1.165) is 0 Å². The Morgan fingerprint density at radius 2 is 1.86 bits per heavy atom. The maximum absolute atomic E-state index is 10.9. The Labute approximate surface area is 92.8 Å². The highest BCUT2D eigenvalue weighted by Gasteiger charge is 2.21. The number of nitrogens with zero attached hydrogens (tertiary/aromatic N) is 1. The van der Waals surface area contributed by atoms with Crippen molar-refractivity contribution in [2.75, 3.05) is 4.31 Å². The lowest BCUT2D eigenvalue weighted by Gasteiger charge is -2.17. The number of benzene rings is 1. The van der Waals surface area contributed by atoms with Crippen LogP contribution in [0.15, 0.2) is 30.3 Å². The van der Waals surface area contributed by atoms with Crippen molar-refractivity contribution in [1.82, 2.24) is 0 Å². The number of hydrogen-bond acceptors (Lipinski definition) is 3. The predicted molar refractivity (Wildman–Crippen MR) is 62.1 cm³/mol. The van der Waals surface area contributed by atoms with Crippen LogP contribution in [0.5, 0.6) is 0 Å². The van der Waals surface area contributed by atoms with Crippen LogP contribution in [0, 0.1) is 0 Å². The molecule has 0 bridgehead atoms. The molecule has 0 aromatic heterocycles. The van der Waals surface area contributed by atoms with Crippen LogP contribution >= 0.6 is 24.8 Å². The van der Waals surface area contributed by atoms with Gasteiger partial charge in [0.2, 0.25) is 0 Å². The fourth-order valence-electron chi connectivity index (χ4n) is 0.906. The average molecular weight is 249 g/mol. The molecule has 1 rings (SSSR count). The Morgan fingerprint density at radius 3 is 2.21 bits per heavy atom. The second kappa shape index (κ2) is 4.26. The molecular weight excluding hydrogens is 242 g/mol. The highest BCUT2D eigenvalue weighted by Crippen LogP contribution is 2.18. The maximum atomic E-state index is 10.9. The first kappa shape index (κ1) is 11.4. The van der Waals surface area contributed by atoms with Gasteiger partial charge in [-0.25, -0.2) is 4.31 Å². The number of hydrogen-bond donors (Lipinski definition) is 2. The lowest BCUT2D eigenvalue weighted by Crippen LogP contribution is -2.32. The van der Waals surface area contributed by atoms with Crippen molar-refractivity contribution in [3.8, 4) is 0 Å². The van der Waals surface area contributed by atoms with Gasteiger partial charge in [-0.05, 0) is 12.1 Å². The third kappa shape index (κ3) is 2.68. The van der Waals surface area contributed by atoms with Gasteiger partial charge < -0.3 is 0 Å². The minimum absolute atomic E-state index is 0.237. The quantitative estimate of drug-likeness (QED) is 0.474. The van der Waals surface area contributed by atoms with Gasteiger partial charge in [0.1, 0.15) is 0 Å². The van der Waals surface area contributed by atoms with Crippen molar-refractivity contribution in [1.29, 1.82) is 0 Å². The Hall–Kier alpha value is -0.630. The molecule has 0 unspecified atom stereocenters. The molecule has 1 aromatic carbocycles. The first-order valence-electron chi connectivity index (χ1n) is 3.48. The van der Waals surface area contributed by atoms with Crippen LogP contribution in [0.25, 0.3) is 0 Å². The Morgan fingerprint density at radius 1 is 1.36 bits per heavy atom. The first-order valence-corrected chi connectivity index (χ1v) is 5.74. The highest BCUT2D eigenvalue weighted by atomic mass is 32.2. The summed E-state index contributed by atoms with van der Waals surface area (Å²) in [5.41, 5.74) is 0.245. The minimum Gasteiger partial charge on any atom is -0.269 e. The molecule has 7 heteroatoms. The summed E-state index contributed by atoms with van der Waals surface area (Å²) < 4.78 is 31.0. The molecular formula is C7H7NO3S3. The van der Waals surface area contributed by atoms with Crippen LogP contribution in [0.2, 0.25) is 0 Å². The number of thiocarbonyl (C=S) groups is 1. The van der Waals surface area contributed by atoms with Gasteiger partial charge in [-0.1, -0.05) is 30.4 Å². The molecule has 4 nitrogen and oxygen atoms in total. The topological polar surface area (TPSA) is 57.6 Å². The summed E-state index contributed by atoms with van der Waals surface area (Å²) in [7, 11) is -4.40. The molecule has 0 radical (unpaired) electrons. The monoisotopic (exact) mass is 249 g/mol. The van der Waals surface area contributed by atoms with E-state index in [1.165, 1.54) is 12.1 Å². The van der Waals surface area contributed by atoms with Gasteiger partial charge in [0.15, 0.2) is 4.32 Å². The molecule has 76 valence electrons. The van der Waals surface area contributed by atoms with Gasteiger partial charge >= 0.3 is 10.3 Å². The molecule has 1 N–H and O–H groups in total. The summed E-state index contributed by atoms with van der Waals surface area (Å²) in [5, 5.41) is 0. The molecule has 0 amide bonds. The first-order chi connectivity index (χ1) is 6.43. The second-order valence-corrected chi connectivity index (χ2v) is 4.73. The Kier molecular flexibility index (Phi) is 3.48. The zero-order valence-electron chi connectivity index (χ0n) is 6.86. The molecule has 0 spiro atoms. The van der Waals surface area contributed by atoms with E-state index in [2.05, 4.69) is 24.8 Å². The number of rotatable bonds is 2. The number of thiol groups is 1. The van der Waals surface area contributed by atoms with Crippen LogP contribution in [0.1, 0.15) is 0 Å². The van der Waals surface area contributed by atoms with E-state index in [0.29, 0.717) is 4.31 Å². The van der Waals surface area contributed by atoms with Gasteiger partial charge in [-0.15, -0.1) is 12.6 Å². The van der Waals surface area contributed by atoms with Crippen molar-refractivity contribution in [2.24, 2.45) is 0 Å². The van der Waals surface area contributed by atoms with E-state index < -0.39 is 10.3 Å². The zero-order chi connectivity index (χ0) is 10.8. The van der Waals surface area contributed by atoms with Crippen molar-refractivity contribution in [2.45, 2.75) is 0 Å². The summed E-state index contributed by atoms with van der Waals surface area (Å²) in [6.07, 6.45) is 0. The third-order valence-corrected chi connectivity index (χ3v) is 2.88. The summed E-state index contributed by atoms with van der Waals surface area (Å²) in [6, 6.07) is 7.96. The lowest BCUT2D eigenvalue weighted by molar-refractivity contribution is 0.485. The largest absolute Gasteiger partial charge is 0.365 e. The molecule has 1 aromatic rings. The Bertz CT molecular complexity index is 429. The molecule has 0 saturated heterocycles. The summed E-state index contributed by atoms with van der Waals surface area (Å²) in [4.78, 5) is 0. The molecule has 0 atom stereocenters. The molecule has 0 aliphatic heterocycles. The van der Waals surface area contributed by atoms with Crippen molar-refractivity contribution in [3.05, 3.63) is 30.3 Å². The summed E-state index contributed by atoms with van der Waals surface area (Å²) in [6.45, 7) is 0. The zero-order valence-corrected chi connectivity index (χ0v) is 9.39. The van der Waals surface area contributed by atoms with E-state index in [1.807, 2.05) is 0 Å². The molecule has 0 heterocycles. The summed E-state index contributed by atoms with van der Waals surface area (Å²) >= 11 is 8.31. The second-order valence-electron chi connectivity index (χ2n) is 2.36. The SMILES string of the molecule is O=S(=O)(O)N(C(=S)S)c1ccccc1. The van der Waals surface area contributed by atoms with Gasteiger partial charge in [0.05, 0.1) is 5.69 Å². The van der Waals surface area contributed by atoms with E-state index >= 15 is 0 Å². The van der Waals surface area contributed by atoms with E-state index in [9.17, 15) is 8.42 Å². The summed E-state index contributed by atoms with van der Waals surface area (Å²) in [5.74, 6) is 0. The van der Waals surface area contributed by atoms with Crippen molar-refractivity contribution >= 4 is 45.2 Å². The van der Waals surface area contributed by atoms with Gasteiger partial charge in [-0.2, -0.15) is 8.42 Å². The van der Waals surface area contributed by atoms with Gasteiger partial charge in [-0.3, -0.25) is 4.55 Å². The molecule has 0 saturated carbocycles. The van der Waals surface area contributed by atoms with Crippen LogP contribution in [-0.2, 0) is 10.3 Å². The minimum atomic E-state index is -4.40. The van der Waals surface area contributed by atoms with Crippen LogP contribution in [-0.4, -0.2) is 17.3 Å². The standard InChI is InChI=1S/C7H7NO3S3/c9-14(10,11)8(7(12)13)6-4-2-1-3-5-6/h1-5H,(H,12,13)(H,9,10,11). The van der Waals surface area contributed by atoms with Crippen LogP contribution < -0.4 is 4.31 Å². The molecule has 0 aliphatic carbocycles.